The highest BCUT2D eigenvalue weighted by atomic mass is 19.3. The van der Waals surface area contributed by atoms with E-state index >= 15 is 8.78 Å². The number of hydrogen-bond donors (Lipinski definition) is 3. The molecule has 0 aliphatic rings. The second-order valence-electron chi connectivity index (χ2n) is 10.2. The largest absolute Gasteiger partial charge is 0.445 e. The van der Waals surface area contributed by atoms with Crippen LogP contribution >= 0.6 is 0 Å². The lowest BCUT2D eigenvalue weighted by Gasteiger charge is -2.31. The first-order valence-electron chi connectivity index (χ1n) is 13.5. The number of aryl methyl sites for hydroxylation is 1. The maximum atomic E-state index is 15.3. The topological polar surface area (TPSA) is 105 Å². The molecule has 0 radical (unpaired) electrons. The Balaban J connectivity index is 1.72. The molecule has 41 heavy (non-hydrogen) atoms. The van der Waals surface area contributed by atoms with Gasteiger partial charge in [0.05, 0.1) is 6.04 Å². The maximum absolute atomic E-state index is 15.3. The summed E-state index contributed by atoms with van der Waals surface area (Å²) in [5.41, 5.74) is 2.03. The number of carbonyl (C=O) groups is 3. The van der Waals surface area contributed by atoms with E-state index in [2.05, 4.69) is 10.6 Å². The van der Waals surface area contributed by atoms with Gasteiger partial charge in [-0.25, -0.2) is 4.79 Å². The summed E-state index contributed by atoms with van der Waals surface area (Å²) in [5.74, 6) is -6.79. The van der Waals surface area contributed by atoms with Crippen LogP contribution in [-0.4, -0.2) is 47.0 Å². The van der Waals surface area contributed by atoms with Crippen molar-refractivity contribution in [3.8, 4) is 0 Å². The van der Waals surface area contributed by atoms with E-state index in [0.29, 0.717) is 11.1 Å². The van der Waals surface area contributed by atoms with Gasteiger partial charge in [0.15, 0.2) is 0 Å². The fraction of sp³-hybridized carbons (Fsp3) is 0.344. The molecule has 3 unspecified atom stereocenters. The summed E-state index contributed by atoms with van der Waals surface area (Å²) in [6.45, 7) is 3.32. The second-order valence-corrected chi connectivity index (χ2v) is 10.2. The predicted octanol–water partition coefficient (Wildman–Crippen LogP) is 4.86. The molecule has 218 valence electrons. The molecule has 0 spiro atoms. The summed E-state index contributed by atoms with van der Waals surface area (Å²) in [6, 6.07) is 23.5. The highest BCUT2D eigenvalue weighted by molar-refractivity contribution is 5.88. The Bertz CT molecular complexity index is 1260. The average molecular weight is 567 g/mol. The van der Waals surface area contributed by atoms with Crippen LogP contribution < -0.4 is 10.6 Å². The first kappa shape index (κ1) is 31.4. The van der Waals surface area contributed by atoms with E-state index in [4.69, 9.17) is 4.74 Å². The number of amides is 2. The zero-order chi connectivity index (χ0) is 29.8. The molecule has 7 nitrogen and oxygen atoms in total. The van der Waals surface area contributed by atoms with Gasteiger partial charge >= 0.3 is 12.0 Å². The number of Topliss-reactive ketones (excluding diaryl/α,β-unsaturated/α-hetero) is 1. The lowest BCUT2D eigenvalue weighted by atomic mass is 9.92. The summed E-state index contributed by atoms with van der Waals surface area (Å²) in [4.78, 5) is 38.3. The smallest absolute Gasteiger partial charge is 0.408 e. The number of nitrogens with one attached hydrogen (secondary N) is 2. The monoisotopic (exact) mass is 566 g/mol. The van der Waals surface area contributed by atoms with Gasteiger partial charge in [0.25, 0.3) is 0 Å². The van der Waals surface area contributed by atoms with Crippen molar-refractivity contribution in [2.75, 3.05) is 0 Å². The summed E-state index contributed by atoms with van der Waals surface area (Å²) in [5, 5.41) is 15.8. The van der Waals surface area contributed by atoms with Gasteiger partial charge in [-0.1, -0.05) is 105 Å². The summed E-state index contributed by atoms with van der Waals surface area (Å²) >= 11 is 0. The molecule has 0 saturated heterocycles. The summed E-state index contributed by atoms with van der Waals surface area (Å²) in [6.07, 6.45) is -3.93. The van der Waals surface area contributed by atoms with E-state index in [1.165, 1.54) is 0 Å². The number of aliphatic hydroxyl groups excluding tert-OH is 1. The quantitative estimate of drug-likeness (QED) is 0.259. The molecule has 3 aromatic rings. The lowest BCUT2D eigenvalue weighted by molar-refractivity contribution is -0.165. The Morgan fingerprint density at radius 1 is 0.805 bits per heavy atom. The van der Waals surface area contributed by atoms with E-state index in [9.17, 15) is 19.5 Å². The Labute approximate surface area is 238 Å². The number of hydrogen-bond acceptors (Lipinski definition) is 5. The Morgan fingerprint density at radius 2 is 1.32 bits per heavy atom. The van der Waals surface area contributed by atoms with Gasteiger partial charge in [0.2, 0.25) is 11.7 Å². The van der Waals surface area contributed by atoms with Gasteiger partial charge < -0.3 is 20.5 Å². The van der Waals surface area contributed by atoms with E-state index in [-0.39, 0.29) is 19.4 Å². The molecule has 2 amide bonds. The molecule has 0 heterocycles. The van der Waals surface area contributed by atoms with Gasteiger partial charge in [-0.3, -0.25) is 9.59 Å². The van der Waals surface area contributed by atoms with Gasteiger partial charge in [0, 0.05) is 6.42 Å². The highest BCUT2D eigenvalue weighted by Gasteiger charge is 2.49. The van der Waals surface area contributed by atoms with Crippen molar-refractivity contribution in [3.05, 3.63) is 108 Å². The fourth-order valence-corrected chi connectivity index (χ4v) is 4.30. The molecule has 3 N–H and O–H groups in total. The van der Waals surface area contributed by atoms with Crippen molar-refractivity contribution in [3.63, 3.8) is 0 Å². The summed E-state index contributed by atoms with van der Waals surface area (Å²) < 4.78 is 35.8. The number of rotatable bonds is 14. The van der Waals surface area contributed by atoms with Crippen LogP contribution in [0.25, 0.3) is 0 Å². The van der Waals surface area contributed by atoms with Gasteiger partial charge in [0.1, 0.15) is 18.8 Å². The van der Waals surface area contributed by atoms with Crippen LogP contribution in [0.2, 0.25) is 0 Å². The SMILES string of the molecule is CC(C)C(NC(=O)OCc1ccccc1)C(=O)NC(Cc1ccccc1)C(O)C(F)(F)C(=O)CCc1ccccc1. The highest BCUT2D eigenvalue weighted by Crippen LogP contribution is 2.27. The zero-order valence-corrected chi connectivity index (χ0v) is 23.1. The van der Waals surface area contributed by atoms with E-state index < -0.39 is 54.2 Å². The number of ether oxygens (including phenoxy) is 1. The van der Waals surface area contributed by atoms with Crippen molar-refractivity contribution in [2.24, 2.45) is 5.92 Å². The van der Waals surface area contributed by atoms with Gasteiger partial charge in [-0.15, -0.1) is 0 Å². The number of carbonyl (C=O) groups excluding carboxylic acids is 3. The normalized spacial score (nSPS) is 13.6. The standard InChI is InChI=1S/C32H36F2N2O5/c1-22(2)28(36-31(40)41-21-25-16-10-5-11-17-25)30(39)35-26(20-24-14-8-4-9-15-24)29(38)32(33,34)27(37)19-18-23-12-6-3-7-13-23/h3-17,22,26,28-29,38H,18-21H2,1-2H3,(H,35,39)(H,36,40). The molecule has 0 fully saturated rings. The Morgan fingerprint density at radius 3 is 1.85 bits per heavy atom. The zero-order valence-electron chi connectivity index (χ0n) is 23.1. The van der Waals surface area contributed by atoms with E-state index in [1.54, 1.807) is 98.8 Å². The molecule has 3 aromatic carbocycles. The average Bonchev–Trinajstić information content (AvgIpc) is 2.98. The number of alkyl carbamates (subject to hydrolysis) is 1. The number of benzene rings is 3. The fourth-order valence-electron chi connectivity index (χ4n) is 4.30. The number of aliphatic hydroxyl groups is 1. The minimum atomic E-state index is -4.13. The van der Waals surface area contributed by atoms with Crippen LogP contribution in [-0.2, 0) is 33.8 Å². The van der Waals surface area contributed by atoms with Crippen molar-refractivity contribution >= 4 is 17.8 Å². The first-order valence-corrected chi connectivity index (χ1v) is 13.5. The first-order chi connectivity index (χ1) is 19.6. The Kier molecular flexibility index (Phi) is 11.5. The van der Waals surface area contributed by atoms with E-state index in [1.807, 2.05) is 6.07 Å². The van der Waals surface area contributed by atoms with Crippen LogP contribution in [0.4, 0.5) is 13.6 Å². The molecule has 0 saturated carbocycles. The number of halogens is 2. The molecule has 3 atom stereocenters. The van der Waals surface area contributed by atoms with Crippen molar-refractivity contribution in [2.45, 2.75) is 63.8 Å². The summed E-state index contributed by atoms with van der Waals surface area (Å²) in [7, 11) is 0. The number of ketones is 1. The molecular formula is C32H36F2N2O5. The van der Waals surface area contributed by atoms with Crippen LogP contribution in [0.3, 0.4) is 0 Å². The van der Waals surface area contributed by atoms with Crippen LogP contribution in [0, 0.1) is 5.92 Å². The minimum Gasteiger partial charge on any atom is -0.445 e. The second kappa shape index (κ2) is 15.0. The molecule has 0 bridgehead atoms. The molecule has 3 rings (SSSR count). The predicted molar refractivity (Wildman–Crippen MR) is 151 cm³/mol. The van der Waals surface area contributed by atoms with Gasteiger partial charge in [-0.2, -0.15) is 8.78 Å². The third-order valence-corrected chi connectivity index (χ3v) is 6.67. The third kappa shape index (κ3) is 9.49. The van der Waals surface area contributed by atoms with Crippen molar-refractivity contribution in [1.82, 2.24) is 10.6 Å². The third-order valence-electron chi connectivity index (χ3n) is 6.67. The van der Waals surface area contributed by atoms with Crippen LogP contribution in [0.5, 0.6) is 0 Å². The lowest BCUT2D eigenvalue weighted by Crippen LogP contribution is -2.59. The molecule has 0 aliphatic carbocycles. The molecule has 0 aromatic heterocycles. The van der Waals surface area contributed by atoms with Crippen LogP contribution in [0.15, 0.2) is 91.0 Å². The Hall–Kier alpha value is -4.11. The molecule has 9 heteroatoms. The van der Waals surface area contributed by atoms with Crippen molar-refractivity contribution < 1.29 is 33.0 Å². The maximum Gasteiger partial charge on any atom is 0.408 e. The number of alkyl halides is 2. The van der Waals surface area contributed by atoms with E-state index in [0.717, 1.165) is 5.56 Å². The van der Waals surface area contributed by atoms with Crippen LogP contribution in [0.1, 0.15) is 37.0 Å². The molecular weight excluding hydrogens is 530 g/mol. The van der Waals surface area contributed by atoms with Gasteiger partial charge in [-0.05, 0) is 35.4 Å². The van der Waals surface area contributed by atoms with Crippen molar-refractivity contribution in [1.29, 1.82) is 0 Å². The minimum absolute atomic E-state index is 0.0221. The molecule has 0 aliphatic heterocycles.